The summed E-state index contributed by atoms with van der Waals surface area (Å²) in [5, 5.41) is 5.93. The number of ether oxygens (including phenoxy) is 1. The average molecular weight is 344 g/mol. The summed E-state index contributed by atoms with van der Waals surface area (Å²) in [5.41, 5.74) is -0.723. The van der Waals surface area contributed by atoms with Crippen molar-refractivity contribution in [3.63, 3.8) is 0 Å². The zero-order chi connectivity index (χ0) is 18.0. The minimum atomic E-state index is -4.38. The van der Waals surface area contributed by atoms with E-state index in [0.29, 0.717) is 25.1 Å². The van der Waals surface area contributed by atoms with Gasteiger partial charge in [0.25, 0.3) is 0 Å². The molecular weight excluding hydrogens is 321 g/mol. The first kappa shape index (κ1) is 18.6. The largest absolute Gasteiger partial charge is 0.444 e. The van der Waals surface area contributed by atoms with Crippen molar-refractivity contribution in [2.75, 3.05) is 13.1 Å². The van der Waals surface area contributed by atoms with E-state index in [1.54, 1.807) is 26.8 Å². The van der Waals surface area contributed by atoms with E-state index in [0.717, 1.165) is 6.07 Å². The van der Waals surface area contributed by atoms with E-state index in [-0.39, 0.29) is 12.0 Å². The summed E-state index contributed by atoms with van der Waals surface area (Å²) in [6.45, 7) is 6.45. The van der Waals surface area contributed by atoms with Crippen LogP contribution in [0.2, 0.25) is 0 Å². The van der Waals surface area contributed by atoms with Gasteiger partial charge in [-0.05, 0) is 45.4 Å². The van der Waals surface area contributed by atoms with Gasteiger partial charge in [0.15, 0.2) is 0 Å². The lowest BCUT2D eigenvalue weighted by Gasteiger charge is -2.34. The Kier molecular flexibility index (Phi) is 5.42. The van der Waals surface area contributed by atoms with Gasteiger partial charge < -0.3 is 15.4 Å². The van der Waals surface area contributed by atoms with Gasteiger partial charge in [-0.3, -0.25) is 0 Å². The van der Waals surface area contributed by atoms with E-state index < -0.39 is 23.4 Å². The Bertz CT molecular complexity index is 582. The lowest BCUT2D eigenvalue weighted by Crippen LogP contribution is -2.51. The SMILES string of the molecule is CC(C)(C)OC(=O)NC1CNCCC1c1cccc(C(F)(F)F)c1. The van der Waals surface area contributed by atoms with Crippen molar-refractivity contribution in [2.45, 2.75) is 50.9 Å². The Labute approximate surface area is 139 Å². The van der Waals surface area contributed by atoms with Crippen molar-refractivity contribution in [3.05, 3.63) is 35.4 Å². The molecule has 0 aromatic heterocycles. The van der Waals surface area contributed by atoms with Crippen LogP contribution in [0.1, 0.15) is 44.2 Å². The number of piperidine rings is 1. The molecule has 2 unspecified atom stereocenters. The summed E-state index contributed by atoms with van der Waals surface area (Å²) in [7, 11) is 0. The molecule has 0 aliphatic carbocycles. The molecule has 1 fully saturated rings. The van der Waals surface area contributed by atoms with Gasteiger partial charge >= 0.3 is 12.3 Å². The van der Waals surface area contributed by atoms with Crippen molar-refractivity contribution in [1.29, 1.82) is 0 Å². The number of halogens is 3. The van der Waals surface area contributed by atoms with Gasteiger partial charge in [0.1, 0.15) is 5.60 Å². The van der Waals surface area contributed by atoms with E-state index in [1.165, 1.54) is 12.1 Å². The number of carbonyl (C=O) groups is 1. The van der Waals surface area contributed by atoms with Crippen LogP contribution in [0.5, 0.6) is 0 Å². The molecule has 0 bridgehead atoms. The number of amides is 1. The lowest BCUT2D eigenvalue weighted by atomic mass is 9.85. The van der Waals surface area contributed by atoms with Gasteiger partial charge in [0, 0.05) is 12.5 Å². The summed E-state index contributed by atoms with van der Waals surface area (Å²) in [4.78, 5) is 12.0. The van der Waals surface area contributed by atoms with Crippen molar-refractivity contribution >= 4 is 6.09 Å². The second-order valence-corrected chi connectivity index (χ2v) is 6.98. The highest BCUT2D eigenvalue weighted by Gasteiger charge is 2.33. The van der Waals surface area contributed by atoms with Crippen LogP contribution in [0.3, 0.4) is 0 Å². The fourth-order valence-corrected chi connectivity index (χ4v) is 2.81. The molecule has 7 heteroatoms. The number of alkyl carbamates (subject to hydrolysis) is 1. The summed E-state index contributed by atoms with van der Waals surface area (Å²) in [5.74, 6) is -0.193. The molecule has 1 saturated heterocycles. The van der Waals surface area contributed by atoms with Crippen LogP contribution >= 0.6 is 0 Å². The fraction of sp³-hybridized carbons (Fsp3) is 0.588. The molecule has 1 amide bonds. The summed E-state index contributed by atoms with van der Waals surface area (Å²) in [6.07, 6.45) is -4.30. The molecule has 2 rings (SSSR count). The number of carbonyl (C=O) groups excluding carboxylic acids is 1. The molecule has 0 radical (unpaired) electrons. The highest BCUT2D eigenvalue weighted by Crippen LogP contribution is 2.33. The van der Waals surface area contributed by atoms with E-state index in [2.05, 4.69) is 10.6 Å². The highest BCUT2D eigenvalue weighted by atomic mass is 19.4. The normalized spacial score (nSPS) is 22.1. The fourth-order valence-electron chi connectivity index (χ4n) is 2.81. The molecule has 1 aliphatic heterocycles. The molecule has 1 heterocycles. The van der Waals surface area contributed by atoms with E-state index in [4.69, 9.17) is 4.74 Å². The lowest BCUT2D eigenvalue weighted by molar-refractivity contribution is -0.137. The minimum Gasteiger partial charge on any atom is -0.444 e. The molecule has 2 N–H and O–H groups in total. The smallest absolute Gasteiger partial charge is 0.416 e. The Hall–Kier alpha value is -1.76. The Balaban J connectivity index is 2.16. The third kappa shape index (κ3) is 5.12. The zero-order valence-electron chi connectivity index (χ0n) is 14.0. The maximum atomic E-state index is 12.9. The van der Waals surface area contributed by atoms with Gasteiger partial charge in [0.05, 0.1) is 11.6 Å². The summed E-state index contributed by atoms with van der Waals surface area (Å²) in [6, 6.07) is 4.98. The highest BCUT2D eigenvalue weighted by molar-refractivity contribution is 5.68. The maximum absolute atomic E-state index is 12.9. The Morgan fingerprint density at radius 2 is 2.00 bits per heavy atom. The minimum absolute atomic E-state index is 0.193. The van der Waals surface area contributed by atoms with Gasteiger partial charge in [-0.15, -0.1) is 0 Å². The Morgan fingerprint density at radius 1 is 1.29 bits per heavy atom. The van der Waals surface area contributed by atoms with E-state index in [1.807, 2.05) is 0 Å². The Morgan fingerprint density at radius 3 is 2.62 bits per heavy atom. The van der Waals surface area contributed by atoms with Crippen LogP contribution in [0.25, 0.3) is 0 Å². The number of hydrogen-bond acceptors (Lipinski definition) is 3. The average Bonchev–Trinajstić information content (AvgIpc) is 2.45. The molecule has 1 aromatic carbocycles. The van der Waals surface area contributed by atoms with Crippen LogP contribution in [0.4, 0.5) is 18.0 Å². The third-order valence-corrected chi connectivity index (χ3v) is 3.83. The van der Waals surface area contributed by atoms with Crippen LogP contribution < -0.4 is 10.6 Å². The van der Waals surface area contributed by atoms with Gasteiger partial charge in [-0.2, -0.15) is 13.2 Å². The molecule has 134 valence electrons. The van der Waals surface area contributed by atoms with Gasteiger partial charge in [0.2, 0.25) is 0 Å². The van der Waals surface area contributed by atoms with Crippen LogP contribution in [0.15, 0.2) is 24.3 Å². The van der Waals surface area contributed by atoms with Crippen LogP contribution in [-0.2, 0) is 10.9 Å². The molecule has 4 nitrogen and oxygen atoms in total. The second kappa shape index (κ2) is 7.01. The molecule has 2 atom stereocenters. The molecular formula is C17H23F3N2O2. The first-order valence-corrected chi connectivity index (χ1v) is 7.93. The van der Waals surface area contributed by atoms with Crippen molar-refractivity contribution in [3.8, 4) is 0 Å². The predicted octanol–water partition coefficient (Wildman–Crippen LogP) is 3.68. The first-order chi connectivity index (χ1) is 11.1. The molecule has 0 saturated carbocycles. The number of benzene rings is 1. The van der Waals surface area contributed by atoms with Crippen molar-refractivity contribution in [2.24, 2.45) is 0 Å². The standard InChI is InChI=1S/C17H23F3N2O2/c1-16(2,3)24-15(23)22-14-10-21-8-7-13(14)11-5-4-6-12(9-11)17(18,19)20/h4-6,9,13-14,21H,7-8,10H2,1-3H3,(H,22,23). The molecule has 1 aromatic rings. The monoisotopic (exact) mass is 344 g/mol. The van der Waals surface area contributed by atoms with E-state index in [9.17, 15) is 18.0 Å². The first-order valence-electron chi connectivity index (χ1n) is 7.93. The van der Waals surface area contributed by atoms with Crippen molar-refractivity contribution in [1.82, 2.24) is 10.6 Å². The molecule has 1 aliphatic rings. The van der Waals surface area contributed by atoms with Crippen LogP contribution in [-0.4, -0.2) is 30.8 Å². The number of hydrogen-bond donors (Lipinski definition) is 2. The van der Waals surface area contributed by atoms with Crippen molar-refractivity contribution < 1.29 is 22.7 Å². The zero-order valence-corrected chi connectivity index (χ0v) is 14.0. The van der Waals surface area contributed by atoms with Gasteiger partial charge in [-0.1, -0.05) is 18.2 Å². The van der Waals surface area contributed by atoms with Gasteiger partial charge in [-0.25, -0.2) is 4.79 Å². The topological polar surface area (TPSA) is 50.4 Å². The number of nitrogens with one attached hydrogen (secondary N) is 2. The maximum Gasteiger partial charge on any atom is 0.416 e. The second-order valence-electron chi connectivity index (χ2n) is 6.98. The summed E-state index contributed by atoms with van der Waals surface area (Å²) >= 11 is 0. The molecule has 0 spiro atoms. The number of alkyl halides is 3. The quantitative estimate of drug-likeness (QED) is 0.861. The van der Waals surface area contributed by atoms with E-state index >= 15 is 0 Å². The third-order valence-electron chi connectivity index (χ3n) is 3.83. The van der Waals surface area contributed by atoms with Crippen LogP contribution in [0, 0.1) is 0 Å². The summed E-state index contributed by atoms with van der Waals surface area (Å²) < 4.78 is 44.0. The number of rotatable bonds is 2. The predicted molar refractivity (Wildman–Crippen MR) is 84.8 cm³/mol. The molecule has 24 heavy (non-hydrogen) atoms.